The lowest BCUT2D eigenvalue weighted by molar-refractivity contribution is -0.125. The Morgan fingerprint density at radius 1 is 1.32 bits per heavy atom. The number of esters is 1. The first-order valence-corrected chi connectivity index (χ1v) is 8.88. The molecule has 1 heterocycles. The van der Waals surface area contributed by atoms with Crippen LogP contribution in [-0.4, -0.2) is 35.8 Å². The summed E-state index contributed by atoms with van der Waals surface area (Å²) in [5.41, 5.74) is 0.400. The third-order valence-corrected chi connectivity index (χ3v) is 4.45. The van der Waals surface area contributed by atoms with Crippen molar-refractivity contribution in [1.29, 1.82) is 0 Å². The molecule has 1 aliphatic carbocycles. The highest BCUT2D eigenvalue weighted by atomic mass is 32.2. The summed E-state index contributed by atoms with van der Waals surface area (Å²) in [6, 6.07) is 3.56. The lowest BCUT2D eigenvalue weighted by atomic mass is 10.1. The lowest BCUT2D eigenvalue weighted by Crippen LogP contribution is -2.37. The molecule has 22 heavy (non-hydrogen) atoms. The van der Waals surface area contributed by atoms with Gasteiger partial charge in [-0.1, -0.05) is 25.7 Å². The molecule has 0 unspecified atom stereocenters. The topological polar surface area (TPSA) is 68.3 Å². The molecule has 0 spiro atoms. The number of amides is 1. The van der Waals surface area contributed by atoms with E-state index in [1.165, 1.54) is 24.6 Å². The van der Waals surface area contributed by atoms with Gasteiger partial charge in [-0.05, 0) is 31.2 Å². The monoisotopic (exact) mass is 322 g/mol. The van der Waals surface area contributed by atoms with Gasteiger partial charge < -0.3 is 10.1 Å². The van der Waals surface area contributed by atoms with Crippen LogP contribution >= 0.6 is 11.8 Å². The van der Waals surface area contributed by atoms with Gasteiger partial charge in [0.1, 0.15) is 5.03 Å². The Bertz CT molecular complexity index is 514. The molecule has 0 atom stereocenters. The minimum absolute atomic E-state index is 0.217. The van der Waals surface area contributed by atoms with Crippen molar-refractivity contribution in [2.75, 3.05) is 12.9 Å². The van der Waals surface area contributed by atoms with Gasteiger partial charge in [-0.15, -0.1) is 11.8 Å². The number of carbonyl (C=O) groups is 2. The third kappa shape index (κ3) is 5.02. The molecule has 1 aromatic heterocycles. The van der Waals surface area contributed by atoms with Crippen molar-refractivity contribution in [2.24, 2.45) is 0 Å². The Kier molecular flexibility index (Phi) is 6.71. The second-order valence-electron chi connectivity index (χ2n) is 5.39. The number of carbonyl (C=O) groups excluding carboxylic acids is 2. The maximum Gasteiger partial charge on any atom is 0.341 e. The van der Waals surface area contributed by atoms with Gasteiger partial charge in [0, 0.05) is 12.2 Å². The number of thioether (sulfide) groups is 1. The molecule has 1 amide bonds. The predicted octanol–water partition coefficient (Wildman–Crippen LogP) is 2.80. The van der Waals surface area contributed by atoms with Gasteiger partial charge in [0.2, 0.25) is 0 Å². The number of aromatic nitrogens is 1. The quantitative estimate of drug-likeness (QED) is 0.513. The van der Waals surface area contributed by atoms with Crippen LogP contribution in [-0.2, 0) is 9.53 Å². The molecule has 6 heteroatoms. The number of ether oxygens (including phenoxy) is 1. The number of hydrogen-bond donors (Lipinski definition) is 1. The summed E-state index contributed by atoms with van der Waals surface area (Å²) in [6.07, 6.45) is 10.3. The van der Waals surface area contributed by atoms with E-state index in [9.17, 15) is 9.59 Å². The summed E-state index contributed by atoms with van der Waals surface area (Å²) in [5.74, 6) is -0.733. The highest BCUT2D eigenvalue weighted by Gasteiger charge is 2.17. The van der Waals surface area contributed by atoms with E-state index in [0.29, 0.717) is 10.6 Å². The molecular formula is C16H22N2O3S. The third-order valence-electron chi connectivity index (χ3n) is 3.74. The van der Waals surface area contributed by atoms with Crippen LogP contribution in [0.2, 0.25) is 0 Å². The molecule has 1 aromatic rings. The Balaban J connectivity index is 1.81. The number of rotatable bonds is 5. The normalized spacial score (nSPS) is 15.9. The van der Waals surface area contributed by atoms with Crippen LogP contribution in [0.4, 0.5) is 0 Å². The molecular weight excluding hydrogens is 300 g/mol. The predicted molar refractivity (Wildman–Crippen MR) is 85.9 cm³/mol. The van der Waals surface area contributed by atoms with Crippen molar-refractivity contribution in [1.82, 2.24) is 10.3 Å². The van der Waals surface area contributed by atoms with Crippen molar-refractivity contribution >= 4 is 23.6 Å². The van der Waals surface area contributed by atoms with E-state index >= 15 is 0 Å². The highest BCUT2D eigenvalue weighted by Crippen LogP contribution is 2.18. The first-order valence-electron chi connectivity index (χ1n) is 7.66. The van der Waals surface area contributed by atoms with E-state index in [2.05, 4.69) is 10.3 Å². The molecule has 120 valence electrons. The van der Waals surface area contributed by atoms with Crippen LogP contribution in [0.1, 0.15) is 48.9 Å². The zero-order valence-corrected chi connectivity index (χ0v) is 13.7. The number of hydrogen-bond acceptors (Lipinski definition) is 5. The minimum Gasteiger partial charge on any atom is -0.452 e. The zero-order chi connectivity index (χ0) is 15.8. The Labute approximate surface area is 135 Å². The van der Waals surface area contributed by atoms with E-state index < -0.39 is 5.97 Å². The first-order chi connectivity index (χ1) is 10.7. The summed E-state index contributed by atoms with van der Waals surface area (Å²) in [5, 5.41) is 3.57. The smallest absolute Gasteiger partial charge is 0.341 e. The lowest BCUT2D eigenvalue weighted by Gasteiger charge is -2.16. The summed E-state index contributed by atoms with van der Waals surface area (Å²) in [7, 11) is 0. The van der Waals surface area contributed by atoms with E-state index in [0.717, 1.165) is 25.7 Å². The standard InChI is InChI=1S/C16H22N2O3S/c1-22-15-13(9-6-10-17-15)16(20)21-11-14(19)18-12-7-4-2-3-5-8-12/h6,9-10,12H,2-5,7-8,11H2,1H3,(H,18,19). The summed E-state index contributed by atoms with van der Waals surface area (Å²) >= 11 is 1.38. The number of nitrogens with one attached hydrogen (secondary N) is 1. The maximum absolute atomic E-state index is 12.0. The van der Waals surface area contributed by atoms with Gasteiger partial charge in [0.05, 0.1) is 5.56 Å². The number of nitrogens with zero attached hydrogens (tertiary/aromatic N) is 1. The van der Waals surface area contributed by atoms with Gasteiger partial charge in [0.15, 0.2) is 6.61 Å². The van der Waals surface area contributed by atoms with Crippen LogP contribution < -0.4 is 5.32 Å². The molecule has 1 fully saturated rings. The second-order valence-corrected chi connectivity index (χ2v) is 6.19. The SMILES string of the molecule is CSc1ncccc1C(=O)OCC(=O)NC1CCCCCC1. The van der Waals surface area contributed by atoms with Crippen molar-refractivity contribution < 1.29 is 14.3 Å². The Morgan fingerprint density at radius 3 is 2.73 bits per heavy atom. The van der Waals surface area contributed by atoms with Crippen LogP contribution in [0, 0.1) is 0 Å². The fraction of sp³-hybridized carbons (Fsp3) is 0.562. The van der Waals surface area contributed by atoms with Crippen molar-refractivity contribution in [3.63, 3.8) is 0 Å². The van der Waals surface area contributed by atoms with Crippen LogP contribution in [0.15, 0.2) is 23.4 Å². The van der Waals surface area contributed by atoms with Gasteiger partial charge in [0.25, 0.3) is 5.91 Å². The molecule has 0 bridgehead atoms. The summed E-state index contributed by atoms with van der Waals surface area (Å²) in [6.45, 7) is -0.238. The zero-order valence-electron chi connectivity index (χ0n) is 12.8. The van der Waals surface area contributed by atoms with Crippen LogP contribution in [0.5, 0.6) is 0 Å². The minimum atomic E-state index is -0.506. The maximum atomic E-state index is 12.0. The van der Waals surface area contributed by atoms with Gasteiger partial charge in [-0.2, -0.15) is 0 Å². The molecule has 0 saturated heterocycles. The highest BCUT2D eigenvalue weighted by molar-refractivity contribution is 7.98. The van der Waals surface area contributed by atoms with E-state index in [-0.39, 0.29) is 18.6 Å². The Morgan fingerprint density at radius 2 is 2.05 bits per heavy atom. The molecule has 0 radical (unpaired) electrons. The molecule has 1 saturated carbocycles. The first kappa shape index (κ1) is 16.8. The van der Waals surface area contributed by atoms with Crippen molar-refractivity contribution in [3.05, 3.63) is 23.9 Å². The van der Waals surface area contributed by atoms with E-state index in [1.807, 2.05) is 6.26 Å². The molecule has 1 aliphatic rings. The Hall–Kier alpha value is -1.56. The second kappa shape index (κ2) is 8.78. The van der Waals surface area contributed by atoms with Crippen LogP contribution in [0.25, 0.3) is 0 Å². The van der Waals surface area contributed by atoms with Crippen molar-refractivity contribution in [3.8, 4) is 0 Å². The van der Waals surface area contributed by atoms with Crippen molar-refractivity contribution in [2.45, 2.75) is 49.6 Å². The van der Waals surface area contributed by atoms with E-state index in [1.54, 1.807) is 18.3 Å². The largest absolute Gasteiger partial charge is 0.452 e. The van der Waals surface area contributed by atoms with E-state index in [4.69, 9.17) is 4.74 Å². The fourth-order valence-corrected chi connectivity index (χ4v) is 3.15. The molecule has 2 rings (SSSR count). The average molecular weight is 322 g/mol. The fourth-order valence-electron chi connectivity index (χ4n) is 2.61. The summed E-state index contributed by atoms with van der Waals surface area (Å²) in [4.78, 5) is 28.0. The number of pyridine rings is 1. The molecule has 5 nitrogen and oxygen atoms in total. The average Bonchev–Trinajstić information content (AvgIpc) is 2.81. The van der Waals surface area contributed by atoms with Gasteiger partial charge in [-0.3, -0.25) is 4.79 Å². The summed E-state index contributed by atoms with van der Waals surface area (Å²) < 4.78 is 5.10. The molecule has 1 N–H and O–H groups in total. The molecule has 0 aliphatic heterocycles. The van der Waals surface area contributed by atoms with Crippen LogP contribution in [0.3, 0.4) is 0 Å². The van der Waals surface area contributed by atoms with Gasteiger partial charge >= 0.3 is 5.97 Å². The molecule has 0 aromatic carbocycles. The van der Waals surface area contributed by atoms with Gasteiger partial charge in [-0.25, -0.2) is 9.78 Å².